The minimum atomic E-state index is -0.172. The first-order valence-electron chi connectivity index (χ1n) is 6.38. The summed E-state index contributed by atoms with van der Waals surface area (Å²) in [5, 5.41) is 0. The van der Waals surface area contributed by atoms with Crippen LogP contribution in [0.2, 0.25) is 0 Å². The number of carbonyl (C=O) groups excluding carboxylic acids is 2. The van der Waals surface area contributed by atoms with Crippen molar-refractivity contribution in [2.75, 3.05) is 12.3 Å². The fourth-order valence-corrected chi connectivity index (χ4v) is 2.81. The summed E-state index contributed by atoms with van der Waals surface area (Å²) in [6.45, 7) is 8.39. The van der Waals surface area contributed by atoms with Gasteiger partial charge in [-0.3, -0.25) is 14.5 Å². The van der Waals surface area contributed by atoms with Crippen molar-refractivity contribution in [3.63, 3.8) is 0 Å². The van der Waals surface area contributed by atoms with Gasteiger partial charge in [0.05, 0.1) is 0 Å². The van der Waals surface area contributed by atoms with Crippen LogP contribution in [0.15, 0.2) is 0 Å². The molecule has 0 aliphatic carbocycles. The van der Waals surface area contributed by atoms with Gasteiger partial charge >= 0.3 is 0 Å². The molecule has 3 nitrogen and oxygen atoms in total. The number of thiol groups is 1. The Morgan fingerprint density at radius 2 is 1.53 bits per heavy atom. The molecule has 1 aliphatic heterocycles. The highest BCUT2D eigenvalue weighted by Gasteiger charge is 2.44. The Balaban J connectivity index is 2.88. The Labute approximate surface area is 109 Å². The molecule has 1 aliphatic rings. The predicted octanol–water partition coefficient (Wildman–Crippen LogP) is 2.36. The number of imide groups is 1. The zero-order valence-corrected chi connectivity index (χ0v) is 12.1. The van der Waals surface area contributed by atoms with E-state index in [9.17, 15) is 9.59 Å². The summed E-state index contributed by atoms with van der Waals surface area (Å²) < 4.78 is 0. The van der Waals surface area contributed by atoms with E-state index in [1.54, 1.807) is 0 Å². The minimum Gasteiger partial charge on any atom is -0.282 e. The van der Waals surface area contributed by atoms with Gasteiger partial charge in [0.1, 0.15) is 0 Å². The number of hydrogen-bond donors (Lipinski definition) is 1. The van der Waals surface area contributed by atoms with E-state index in [1.807, 2.05) is 13.8 Å². The first kappa shape index (κ1) is 14.6. The van der Waals surface area contributed by atoms with Gasteiger partial charge in [0.25, 0.3) is 0 Å². The molecule has 0 bridgehead atoms. The van der Waals surface area contributed by atoms with E-state index in [2.05, 4.69) is 26.5 Å². The van der Waals surface area contributed by atoms with Crippen molar-refractivity contribution < 1.29 is 9.59 Å². The van der Waals surface area contributed by atoms with Crippen molar-refractivity contribution in [3.05, 3.63) is 0 Å². The van der Waals surface area contributed by atoms with E-state index >= 15 is 0 Å². The molecule has 4 heteroatoms. The smallest absolute Gasteiger partial charge is 0.232 e. The van der Waals surface area contributed by atoms with Crippen LogP contribution in [0.25, 0.3) is 0 Å². The van der Waals surface area contributed by atoms with E-state index < -0.39 is 0 Å². The highest BCUT2D eigenvalue weighted by atomic mass is 32.1. The second-order valence-electron chi connectivity index (χ2n) is 5.21. The number of rotatable bonds is 5. The zero-order valence-electron chi connectivity index (χ0n) is 11.2. The largest absolute Gasteiger partial charge is 0.282 e. The number of carbonyl (C=O) groups is 2. The molecule has 98 valence electrons. The molecule has 0 saturated carbocycles. The molecule has 1 fully saturated rings. The maximum atomic E-state index is 12.0. The highest BCUT2D eigenvalue weighted by Crippen LogP contribution is 2.33. The second-order valence-corrected chi connectivity index (χ2v) is 5.52. The molecule has 0 aromatic heterocycles. The molecular weight excluding hydrogens is 234 g/mol. The third-order valence-electron chi connectivity index (χ3n) is 4.39. The molecule has 0 spiro atoms. The fraction of sp³-hybridized carbons (Fsp3) is 0.846. The quantitative estimate of drug-likeness (QED) is 0.606. The summed E-state index contributed by atoms with van der Waals surface area (Å²) in [4.78, 5) is 25.5. The molecule has 1 rings (SSSR count). The van der Waals surface area contributed by atoms with Crippen LogP contribution in [0, 0.1) is 17.3 Å². The molecule has 0 N–H and O–H groups in total. The van der Waals surface area contributed by atoms with Crippen molar-refractivity contribution in [1.82, 2.24) is 4.90 Å². The van der Waals surface area contributed by atoms with E-state index in [1.165, 1.54) is 4.90 Å². The summed E-state index contributed by atoms with van der Waals surface area (Å²) in [5.74, 6) is 0.327. The van der Waals surface area contributed by atoms with E-state index in [0.717, 1.165) is 12.8 Å². The van der Waals surface area contributed by atoms with Crippen LogP contribution < -0.4 is 0 Å². The van der Waals surface area contributed by atoms with Crippen LogP contribution in [-0.4, -0.2) is 29.0 Å². The Bertz CT molecular complexity index is 284. The maximum Gasteiger partial charge on any atom is 0.232 e. The van der Waals surface area contributed by atoms with Crippen molar-refractivity contribution in [2.45, 2.75) is 40.5 Å². The van der Waals surface area contributed by atoms with Gasteiger partial charge in [-0.15, -0.1) is 0 Å². The lowest BCUT2D eigenvalue weighted by Gasteiger charge is -2.33. The van der Waals surface area contributed by atoms with Crippen molar-refractivity contribution in [1.29, 1.82) is 0 Å². The molecule has 2 unspecified atom stereocenters. The molecule has 2 atom stereocenters. The van der Waals surface area contributed by atoms with E-state index in [-0.39, 0.29) is 29.1 Å². The Morgan fingerprint density at radius 3 is 1.82 bits per heavy atom. The number of hydrogen-bond acceptors (Lipinski definition) is 3. The molecule has 0 aromatic carbocycles. The van der Waals surface area contributed by atoms with Crippen LogP contribution in [-0.2, 0) is 9.59 Å². The summed E-state index contributed by atoms with van der Waals surface area (Å²) >= 11 is 4.39. The predicted molar refractivity (Wildman–Crippen MR) is 71.9 cm³/mol. The Kier molecular flexibility index (Phi) is 4.64. The van der Waals surface area contributed by atoms with Gasteiger partial charge in [-0.25, -0.2) is 0 Å². The van der Waals surface area contributed by atoms with Crippen molar-refractivity contribution >= 4 is 24.4 Å². The average molecular weight is 257 g/mol. The van der Waals surface area contributed by atoms with Crippen LogP contribution in [0.3, 0.4) is 0 Å². The lowest BCUT2D eigenvalue weighted by Crippen LogP contribution is -2.42. The number of likely N-dealkylation sites (tertiary alicyclic amines) is 1. The molecule has 0 aromatic rings. The molecule has 1 heterocycles. The second kappa shape index (κ2) is 5.42. The molecule has 17 heavy (non-hydrogen) atoms. The first-order chi connectivity index (χ1) is 7.92. The van der Waals surface area contributed by atoms with Crippen molar-refractivity contribution in [2.24, 2.45) is 17.3 Å². The first-order valence-corrected chi connectivity index (χ1v) is 7.01. The van der Waals surface area contributed by atoms with Gasteiger partial charge in [-0.2, -0.15) is 12.6 Å². The Morgan fingerprint density at radius 1 is 1.12 bits per heavy atom. The molecule has 1 saturated heterocycles. The summed E-state index contributed by atoms with van der Waals surface area (Å²) in [5.41, 5.74) is -0.0296. The Hall–Kier alpha value is -0.510. The number of amides is 2. The van der Waals surface area contributed by atoms with Crippen LogP contribution >= 0.6 is 12.6 Å². The van der Waals surface area contributed by atoms with E-state index in [0.29, 0.717) is 12.3 Å². The van der Waals surface area contributed by atoms with Gasteiger partial charge in [0.15, 0.2) is 0 Å². The average Bonchev–Trinajstić information content (AvgIpc) is 2.53. The van der Waals surface area contributed by atoms with Gasteiger partial charge < -0.3 is 0 Å². The maximum absolute atomic E-state index is 12.0. The van der Waals surface area contributed by atoms with Crippen LogP contribution in [0.1, 0.15) is 40.5 Å². The third kappa shape index (κ3) is 2.51. The zero-order chi connectivity index (χ0) is 13.2. The standard InChI is InChI=1S/C13H23NO2S/c1-5-13(6-2,8-17)7-14-11(15)9(3)10(4)12(14)16/h9-10,17H,5-8H2,1-4H3. The van der Waals surface area contributed by atoms with E-state index in [4.69, 9.17) is 0 Å². The third-order valence-corrected chi connectivity index (χ3v) is 5.06. The topological polar surface area (TPSA) is 37.4 Å². The van der Waals surface area contributed by atoms with Crippen LogP contribution in [0.4, 0.5) is 0 Å². The van der Waals surface area contributed by atoms with Gasteiger partial charge in [0.2, 0.25) is 11.8 Å². The fourth-order valence-electron chi connectivity index (χ4n) is 2.27. The summed E-state index contributed by atoms with van der Waals surface area (Å²) in [6.07, 6.45) is 1.87. The lowest BCUT2D eigenvalue weighted by molar-refractivity contribution is -0.141. The lowest BCUT2D eigenvalue weighted by atomic mass is 9.84. The molecule has 0 radical (unpaired) electrons. The minimum absolute atomic E-state index is 0.0180. The summed E-state index contributed by atoms with van der Waals surface area (Å²) in [6, 6.07) is 0. The van der Waals surface area contributed by atoms with Gasteiger partial charge in [-0.05, 0) is 24.0 Å². The number of nitrogens with zero attached hydrogens (tertiary/aromatic N) is 1. The normalized spacial score (nSPS) is 25.8. The van der Waals surface area contributed by atoms with Gasteiger partial charge in [0, 0.05) is 18.4 Å². The summed E-state index contributed by atoms with van der Waals surface area (Å²) in [7, 11) is 0. The molecular formula is C13H23NO2S. The SMILES string of the molecule is CCC(CC)(CS)CN1C(=O)C(C)C(C)C1=O. The molecule has 2 amide bonds. The van der Waals surface area contributed by atoms with Crippen LogP contribution in [0.5, 0.6) is 0 Å². The monoisotopic (exact) mass is 257 g/mol. The highest BCUT2D eigenvalue weighted by molar-refractivity contribution is 7.80. The van der Waals surface area contributed by atoms with Gasteiger partial charge in [-0.1, -0.05) is 27.7 Å². The van der Waals surface area contributed by atoms with Crippen molar-refractivity contribution in [3.8, 4) is 0 Å².